The number of rotatable bonds is 2. The van der Waals surface area contributed by atoms with Gasteiger partial charge in [0.15, 0.2) is 6.04 Å². The summed E-state index contributed by atoms with van der Waals surface area (Å²) in [7, 11) is 0. The molecule has 0 saturated heterocycles. The Balaban J connectivity index is 2.09. The fraction of sp³-hybridized carbons (Fsp3) is 0.154. The molecular formula is C13H9ClN6O. The summed E-state index contributed by atoms with van der Waals surface area (Å²) in [6.45, 7) is 0.355. The normalized spacial score (nSPS) is 17.0. The lowest BCUT2D eigenvalue weighted by atomic mass is 10.1. The Bertz CT molecular complexity index is 809. The van der Waals surface area contributed by atoms with Crippen LogP contribution in [-0.4, -0.2) is 22.6 Å². The molecule has 1 N–H and O–H groups in total. The van der Waals surface area contributed by atoms with Crippen LogP contribution in [0.2, 0.25) is 5.02 Å². The third kappa shape index (κ3) is 2.61. The van der Waals surface area contributed by atoms with E-state index in [9.17, 15) is 4.79 Å². The highest BCUT2D eigenvalue weighted by Crippen LogP contribution is 2.33. The minimum absolute atomic E-state index is 0.260. The van der Waals surface area contributed by atoms with Crippen molar-refractivity contribution < 1.29 is 0 Å². The molecule has 0 aliphatic carbocycles. The molecule has 1 aromatic heterocycles. The number of aromatic nitrogens is 2. The highest BCUT2D eigenvalue weighted by molar-refractivity contribution is 6.31. The van der Waals surface area contributed by atoms with Crippen LogP contribution in [0.5, 0.6) is 0 Å². The van der Waals surface area contributed by atoms with E-state index in [4.69, 9.17) is 16.9 Å². The predicted octanol–water partition coefficient (Wildman–Crippen LogP) is 2.17. The Kier molecular flexibility index (Phi) is 3.38. The molecule has 0 saturated carbocycles. The lowest BCUT2D eigenvalue weighted by molar-refractivity contribution is 0.877. The molecule has 0 radical (unpaired) electrons. The van der Waals surface area contributed by atoms with Crippen LogP contribution in [0.3, 0.4) is 0 Å². The first-order chi connectivity index (χ1) is 10.2. The third-order valence-electron chi connectivity index (χ3n) is 2.98. The van der Waals surface area contributed by atoms with E-state index in [0.717, 1.165) is 0 Å². The van der Waals surface area contributed by atoms with E-state index >= 15 is 0 Å². The molecular weight excluding hydrogens is 292 g/mol. The molecule has 1 unspecified atom stereocenters. The van der Waals surface area contributed by atoms with Gasteiger partial charge < -0.3 is 4.98 Å². The number of hydrogen-bond acceptors (Lipinski definition) is 6. The molecule has 1 aliphatic heterocycles. The molecule has 2 heterocycles. The van der Waals surface area contributed by atoms with Crippen molar-refractivity contribution >= 4 is 17.3 Å². The summed E-state index contributed by atoms with van der Waals surface area (Å²) in [4.78, 5) is 18.1. The van der Waals surface area contributed by atoms with E-state index in [1.165, 1.54) is 12.4 Å². The van der Waals surface area contributed by atoms with Crippen molar-refractivity contribution in [2.24, 2.45) is 10.3 Å². The highest BCUT2D eigenvalue weighted by atomic mass is 35.5. The third-order valence-corrected chi connectivity index (χ3v) is 3.22. The van der Waals surface area contributed by atoms with E-state index < -0.39 is 6.04 Å². The number of nitriles is 1. The van der Waals surface area contributed by atoms with Gasteiger partial charge in [-0.1, -0.05) is 16.8 Å². The molecule has 1 aromatic carbocycles. The number of aromatic amines is 1. The van der Waals surface area contributed by atoms with Gasteiger partial charge in [-0.05, 0) is 18.2 Å². The van der Waals surface area contributed by atoms with Crippen LogP contribution < -0.4 is 10.6 Å². The zero-order chi connectivity index (χ0) is 14.8. The van der Waals surface area contributed by atoms with Crippen LogP contribution in [0.4, 0.5) is 5.69 Å². The molecule has 1 aliphatic rings. The Labute approximate surface area is 124 Å². The number of halogens is 1. The standard InChI is InChI=1S/C13H9ClN6O/c14-8-1-2-12(20-6-9(5-15)18-19-20)10(3-8)11-4-13(21)17-7-16-11/h1-4,7,9H,6H2,(H,16,17,21). The molecule has 1 atom stereocenters. The number of H-pyrrole nitrogens is 1. The fourth-order valence-corrected chi connectivity index (χ4v) is 2.20. The molecule has 104 valence electrons. The van der Waals surface area contributed by atoms with Crippen molar-refractivity contribution in [3.05, 3.63) is 46.0 Å². The number of benzene rings is 1. The van der Waals surface area contributed by atoms with Crippen molar-refractivity contribution in [1.29, 1.82) is 5.26 Å². The molecule has 0 spiro atoms. The zero-order valence-electron chi connectivity index (χ0n) is 10.7. The molecule has 7 nitrogen and oxygen atoms in total. The quantitative estimate of drug-likeness (QED) is 0.919. The summed E-state index contributed by atoms with van der Waals surface area (Å²) in [5, 5.41) is 18.8. The van der Waals surface area contributed by atoms with Crippen LogP contribution in [0.15, 0.2) is 45.7 Å². The average Bonchev–Trinajstić information content (AvgIpc) is 2.96. The monoisotopic (exact) mass is 300 g/mol. The van der Waals surface area contributed by atoms with Crippen molar-refractivity contribution in [3.63, 3.8) is 0 Å². The summed E-state index contributed by atoms with van der Waals surface area (Å²) >= 11 is 6.03. The van der Waals surface area contributed by atoms with Gasteiger partial charge in [-0.3, -0.25) is 4.79 Å². The van der Waals surface area contributed by atoms with Gasteiger partial charge in [0.25, 0.3) is 5.56 Å². The van der Waals surface area contributed by atoms with Crippen LogP contribution >= 0.6 is 11.6 Å². The highest BCUT2D eigenvalue weighted by Gasteiger charge is 2.23. The van der Waals surface area contributed by atoms with Crippen molar-refractivity contribution in [3.8, 4) is 17.3 Å². The zero-order valence-corrected chi connectivity index (χ0v) is 11.4. The summed E-state index contributed by atoms with van der Waals surface area (Å²) < 4.78 is 0. The molecule has 8 heteroatoms. The van der Waals surface area contributed by atoms with E-state index in [1.54, 1.807) is 23.2 Å². The average molecular weight is 301 g/mol. The molecule has 21 heavy (non-hydrogen) atoms. The Morgan fingerprint density at radius 3 is 3.00 bits per heavy atom. The predicted molar refractivity (Wildman–Crippen MR) is 76.9 cm³/mol. The Morgan fingerprint density at radius 2 is 2.29 bits per heavy atom. The molecule has 2 aromatic rings. The first kappa shape index (κ1) is 13.3. The van der Waals surface area contributed by atoms with E-state index in [0.29, 0.717) is 28.5 Å². The number of anilines is 1. The lowest BCUT2D eigenvalue weighted by Gasteiger charge is -2.16. The van der Waals surface area contributed by atoms with Gasteiger partial charge in [-0.15, -0.1) is 5.11 Å². The van der Waals surface area contributed by atoms with Gasteiger partial charge in [-0.2, -0.15) is 5.26 Å². The summed E-state index contributed by atoms with van der Waals surface area (Å²) in [6.07, 6.45) is 1.33. The van der Waals surface area contributed by atoms with Gasteiger partial charge in [0.2, 0.25) is 0 Å². The van der Waals surface area contributed by atoms with Crippen molar-refractivity contribution in [1.82, 2.24) is 9.97 Å². The van der Waals surface area contributed by atoms with Gasteiger partial charge >= 0.3 is 0 Å². The second kappa shape index (κ2) is 5.34. The molecule has 0 fully saturated rings. The number of nitrogens with zero attached hydrogens (tertiary/aromatic N) is 5. The van der Waals surface area contributed by atoms with Crippen LogP contribution in [0.25, 0.3) is 11.3 Å². The SMILES string of the molecule is N#CC1CN(c2ccc(Cl)cc2-c2cc(=O)[nH]cn2)N=N1. The van der Waals surface area contributed by atoms with E-state index in [2.05, 4.69) is 20.3 Å². The molecule has 0 amide bonds. The summed E-state index contributed by atoms with van der Waals surface area (Å²) in [5.41, 5.74) is 1.57. The first-order valence-electron chi connectivity index (χ1n) is 6.10. The summed E-state index contributed by atoms with van der Waals surface area (Å²) in [6, 6.07) is 8.10. The second-order valence-electron chi connectivity index (χ2n) is 4.39. The minimum atomic E-state index is -0.499. The van der Waals surface area contributed by atoms with Crippen molar-refractivity contribution in [2.45, 2.75) is 6.04 Å². The van der Waals surface area contributed by atoms with Gasteiger partial charge in [-0.25, -0.2) is 9.99 Å². The summed E-state index contributed by atoms with van der Waals surface area (Å²) in [5.74, 6) is 0. The topological polar surface area (TPSA) is 97.5 Å². The smallest absolute Gasteiger partial charge is 0.251 e. The van der Waals surface area contributed by atoms with Gasteiger partial charge in [0.05, 0.1) is 30.3 Å². The Hall–Kier alpha value is -2.72. The van der Waals surface area contributed by atoms with Gasteiger partial charge in [0.1, 0.15) is 0 Å². The number of nitrogens with one attached hydrogen (secondary N) is 1. The maximum atomic E-state index is 11.5. The fourth-order valence-electron chi connectivity index (χ4n) is 2.03. The van der Waals surface area contributed by atoms with Crippen LogP contribution in [-0.2, 0) is 0 Å². The van der Waals surface area contributed by atoms with Crippen LogP contribution in [0, 0.1) is 11.3 Å². The first-order valence-corrected chi connectivity index (χ1v) is 6.48. The van der Waals surface area contributed by atoms with Gasteiger partial charge in [0, 0.05) is 16.7 Å². The largest absolute Gasteiger partial charge is 0.313 e. The molecule has 3 rings (SSSR count). The second-order valence-corrected chi connectivity index (χ2v) is 4.83. The maximum Gasteiger partial charge on any atom is 0.251 e. The minimum Gasteiger partial charge on any atom is -0.313 e. The van der Waals surface area contributed by atoms with E-state index in [-0.39, 0.29) is 5.56 Å². The number of hydrogen-bond donors (Lipinski definition) is 1. The maximum absolute atomic E-state index is 11.5. The Morgan fingerprint density at radius 1 is 1.43 bits per heavy atom. The lowest BCUT2D eigenvalue weighted by Crippen LogP contribution is -2.20. The van der Waals surface area contributed by atoms with E-state index in [1.807, 2.05) is 6.07 Å². The van der Waals surface area contributed by atoms with Crippen molar-refractivity contribution in [2.75, 3.05) is 11.6 Å². The van der Waals surface area contributed by atoms with Crippen LogP contribution in [0.1, 0.15) is 0 Å². The molecule has 0 bridgehead atoms.